The Hall–Kier alpha value is -3.66. The number of ether oxygens (including phenoxy) is 2. The van der Waals surface area contributed by atoms with Crippen molar-refractivity contribution in [2.75, 3.05) is 30.9 Å². The number of benzene rings is 2. The minimum Gasteiger partial charge on any atom is -0.495 e. The minimum absolute atomic E-state index is 0.149. The van der Waals surface area contributed by atoms with E-state index in [2.05, 4.69) is 27.8 Å². The molecule has 2 aromatic rings. The molecule has 0 fully saturated rings. The van der Waals surface area contributed by atoms with Crippen molar-refractivity contribution >= 4 is 23.3 Å². The van der Waals surface area contributed by atoms with Gasteiger partial charge in [-0.15, -0.1) is 0 Å². The van der Waals surface area contributed by atoms with Crippen molar-refractivity contribution in [1.82, 2.24) is 5.32 Å². The van der Waals surface area contributed by atoms with Gasteiger partial charge in [0.25, 0.3) is 0 Å². The van der Waals surface area contributed by atoms with Crippen LogP contribution in [0.15, 0.2) is 48.5 Å². The topological polar surface area (TPSA) is 88.7 Å². The summed E-state index contributed by atoms with van der Waals surface area (Å²) < 4.78 is 10.7. The molecule has 27 heavy (non-hydrogen) atoms. The molecule has 0 aliphatic carbocycles. The van der Waals surface area contributed by atoms with E-state index in [0.717, 1.165) is 0 Å². The monoisotopic (exact) mass is 367 g/mol. The Morgan fingerprint density at radius 1 is 1.04 bits per heavy atom. The van der Waals surface area contributed by atoms with Crippen molar-refractivity contribution < 1.29 is 19.1 Å². The summed E-state index contributed by atoms with van der Waals surface area (Å²) in [6.45, 7) is 1.78. The Kier molecular flexibility index (Phi) is 7.54. The van der Waals surface area contributed by atoms with Crippen LogP contribution in [0.5, 0.6) is 11.5 Å². The van der Waals surface area contributed by atoms with Gasteiger partial charge in [-0.2, -0.15) is 0 Å². The molecule has 7 nitrogen and oxygen atoms in total. The highest BCUT2D eigenvalue weighted by Crippen LogP contribution is 2.22. The van der Waals surface area contributed by atoms with E-state index < -0.39 is 0 Å². The van der Waals surface area contributed by atoms with Crippen LogP contribution in [0.2, 0.25) is 0 Å². The number of hydrogen-bond donors (Lipinski definition) is 3. The fourth-order valence-electron chi connectivity index (χ4n) is 2.14. The standard InChI is InChI=1S/C20H21N3O4/c1-15(24)22-16-8-7-9-17(14-16)27-13-6-5-12-21-20(25)23-18-10-3-4-11-19(18)26-2/h3-4,7-11,14H,12-13H2,1-2H3,(H,22,24)(H2,21,23,25). The Labute approximate surface area is 158 Å². The number of para-hydroxylation sites is 2. The van der Waals surface area contributed by atoms with Crippen molar-refractivity contribution in [3.05, 3.63) is 48.5 Å². The van der Waals surface area contributed by atoms with E-state index in [0.29, 0.717) is 22.9 Å². The third-order valence-electron chi connectivity index (χ3n) is 3.28. The van der Waals surface area contributed by atoms with Gasteiger partial charge in [0.2, 0.25) is 5.91 Å². The van der Waals surface area contributed by atoms with E-state index in [4.69, 9.17) is 9.47 Å². The highest BCUT2D eigenvalue weighted by Gasteiger charge is 2.05. The van der Waals surface area contributed by atoms with Crippen LogP contribution in [-0.2, 0) is 4.79 Å². The van der Waals surface area contributed by atoms with Crippen LogP contribution in [0.4, 0.5) is 16.2 Å². The molecular weight excluding hydrogens is 346 g/mol. The van der Waals surface area contributed by atoms with Crippen molar-refractivity contribution in [1.29, 1.82) is 0 Å². The summed E-state index contributed by atoms with van der Waals surface area (Å²) in [6.07, 6.45) is 0. The van der Waals surface area contributed by atoms with E-state index in [1.54, 1.807) is 42.5 Å². The fourth-order valence-corrected chi connectivity index (χ4v) is 2.14. The summed E-state index contributed by atoms with van der Waals surface area (Å²) >= 11 is 0. The number of carbonyl (C=O) groups excluding carboxylic acids is 2. The van der Waals surface area contributed by atoms with Gasteiger partial charge in [0.15, 0.2) is 0 Å². The van der Waals surface area contributed by atoms with Crippen LogP contribution < -0.4 is 25.4 Å². The number of amides is 3. The Balaban J connectivity index is 1.73. The van der Waals surface area contributed by atoms with Gasteiger partial charge in [-0.05, 0) is 24.3 Å². The predicted molar refractivity (Wildman–Crippen MR) is 104 cm³/mol. The first kappa shape index (κ1) is 19.7. The summed E-state index contributed by atoms with van der Waals surface area (Å²) in [4.78, 5) is 22.9. The van der Waals surface area contributed by atoms with Crippen molar-refractivity contribution in [2.45, 2.75) is 6.92 Å². The molecule has 2 rings (SSSR count). The molecule has 0 saturated carbocycles. The second kappa shape index (κ2) is 10.4. The molecule has 0 aliphatic rings. The van der Waals surface area contributed by atoms with E-state index in [9.17, 15) is 9.59 Å². The van der Waals surface area contributed by atoms with Gasteiger partial charge >= 0.3 is 6.03 Å². The molecular formula is C20H21N3O4. The maximum Gasteiger partial charge on any atom is 0.320 e. The van der Waals surface area contributed by atoms with Crippen molar-refractivity contribution in [3.63, 3.8) is 0 Å². The first-order valence-electron chi connectivity index (χ1n) is 8.22. The third kappa shape index (κ3) is 7.00. The lowest BCUT2D eigenvalue weighted by atomic mass is 10.3. The summed E-state index contributed by atoms with van der Waals surface area (Å²) in [5.74, 6) is 6.63. The van der Waals surface area contributed by atoms with Crippen LogP contribution in [0.25, 0.3) is 0 Å². The normalized spacial score (nSPS) is 9.41. The summed E-state index contributed by atoms with van der Waals surface area (Å²) in [5, 5.41) is 8.00. The average Bonchev–Trinajstić information content (AvgIpc) is 2.65. The molecule has 0 aromatic heterocycles. The van der Waals surface area contributed by atoms with Crippen LogP contribution in [0.3, 0.4) is 0 Å². The van der Waals surface area contributed by atoms with Crippen LogP contribution in [0.1, 0.15) is 6.92 Å². The Bertz CT molecular complexity index is 856. The molecule has 0 atom stereocenters. The van der Waals surface area contributed by atoms with Crippen molar-refractivity contribution in [3.8, 4) is 23.3 Å². The lowest BCUT2D eigenvalue weighted by Gasteiger charge is -2.09. The molecule has 0 aliphatic heterocycles. The number of carbonyl (C=O) groups is 2. The third-order valence-corrected chi connectivity index (χ3v) is 3.28. The number of hydrogen-bond acceptors (Lipinski definition) is 4. The predicted octanol–water partition coefficient (Wildman–Crippen LogP) is 2.86. The maximum atomic E-state index is 11.8. The molecule has 0 spiro atoms. The van der Waals surface area contributed by atoms with E-state index in [-0.39, 0.29) is 25.1 Å². The van der Waals surface area contributed by atoms with Gasteiger partial charge in [-0.3, -0.25) is 4.79 Å². The first-order chi connectivity index (χ1) is 13.1. The van der Waals surface area contributed by atoms with Gasteiger partial charge in [0, 0.05) is 18.7 Å². The SMILES string of the molecule is COc1ccccc1NC(=O)NCC#CCOc1cccc(NC(C)=O)c1. The number of urea groups is 1. The molecule has 2 aromatic carbocycles. The number of anilines is 2. The Morgan fingerprint density at radius 2 is 1.85 bits per heavy atom. The first-order valence-corrected chi connectivity index (χ1v) is 8.22. The lowest BCUT2D eigenvalue weighted by molar-refractivity contribution is -0.114. The minimum atomic E-state index is -0.377. The zero-order chi connectivity index (χ0) is 19.5. The summed E-state index contributed by atoms with van der Waals surface area (Å²) in [7, 11) is 1.54. The smallest absolute Gasteiger partial charge is 0.320 e. The molecule has 0 unspecified atom stereocenters. The van der Waals surface area contributed by atoms with E-state index >= 15 is 0 Å². The summed E-state index contributed by atoms with van der Waals surface area (Å²) in [5.41, 5.74) is 1.23. The molecule has 0 saturated heterocycles. The van der Waals surface area contributed by atoms with Gasteiger partial charge < -0.3 is 25.4 Å². The van der Waals surface area contributed by atoms with Gasteiger partial charge in [0.05, 0.1) is 19.3 Å². The quantitative estimate of drug-likeness (QED) is 0.685. The molecule has 140 valence electrons. The zero-order valence-corrected chi connectivity index (χ0v) is 15.2. The van der Waals surface area contributed by atoms with Gasteiger partial charge in [-0.25, -0.2) is 4.79 Å². The zero-order valence-electron chi connectivity index (χ0n) is 15.2. The second-order valence-corrected chi connectivity index (χ2v) is 5.36. The lowest BCUT2D eigenvalue weighted by Crippen LogP contribution is -2.29. The van der Waals surface area contributed by atoms with E-state index in [1.807, 2.05) is 6.07 Å². The molecule has 0 heterocycles. The Morgan fingerprint density at radius 3 is 2.63 bits per heavy atom. The number of rotatable bonds is 6. The molecule has 0 bridgehead atoms. The van der Waals surface area contributed by atoms with Crippen LogP contribution in [0, 0.1) is 11.8 Å². The largest absolute Gasteiger partial charge is 0.495 e. The van der Waals surface area contributed by atoms with Gasteiger partial charge in [-0.1, -0.05) is 30.0 Å². The average molecular weight is 367 g/mol. The highest BCUT2D eigenvalue weighted by molar-refractivity contribution is 5.91. The van der Waals surface area contributed by atoms with Gasteiger partial charge in [0.1, 0.15) is 18.1 Å². The molecule has 7 heteroatoms. The van der Waals surface area contributed by atoms with Crippen molar-refractivity contribution in [2.24, 2.45) is 0 Å². The fraction of sp³-hybridized carbons (Fsp3) is 0.200. The van der Waals surface area contributed by atoms with Crippen LogP contribution >= 0.6 is 0 Å². The number of nitrogens with one attached hydrogen (secondary N) is 3. The molecule has 3 amide bonds. The molecule has 0 radical (unpaired) electrons. The molecule has 3 N–H and O–H groups in total. The van der Waals surface area contributed by atoms with E-state index in [1.165, 1.54) is 14.0 Å². The second-order valence-electron chi connectivity index (χ2n) is 5.36. The summed E-state index contributed by atoms with van der Waals surface area (Å²) in [6, 6.07) is 13.8. The number of methoxy groups -OCH3 is 1. The van der Waals surface area contributed by atoms with Crippen LogP contribution in [-0.4, -0.2) is 32.2 Å². The maximum absolute atomic E-state index is 11.8. The highest BCUT2D eigenvalue weighted by atomic mass is 16.5.